The zero-order valence-electron chi connectivity index (χ0n) is 19.8. The number of carbonyl (C=O) groups is 2. The Labute approximate surface area is 205 Å². The van der Waals surface area contributed by atoms with Crippen LogP contribution in [-0.4, -0.2) is 54.2 Å². The van der Waals surface area contributed by atoms with Gasteiger partial charge in [-0.1, -0.05) is 48.4 Å². The molecular formula is C25H31ClN4O4. The van der Waals surface area contributed by atoms with E-state index in [1.807, 2.05) is 38.1 Å². The average molecular weight is 487 g/mol. The van der Waals surface area contributed by atoms with E-state index in [9.17, 15) is 9.59 Å². The van der Waals surface area contributed by atoms with Crippen molar-refractivity contribution in [3.8, 4) is 5.75 Å². The van der Waals surface area contributed by atoms with Crippen molar-refractivity contribution in [2.45, 2.75) is 40.2 Å². The Morgan fingerprint density at radius 3 is 2.62 bits per heavy atom. The third-order valence-electron chi connectivity index (χ3n) is 5.15. The first-order valence-corrected chi connectivity index (χ1v) is 11.8. The summed E-state index contributed by atoms with van der Waals surface area (Å²) in [4.78, 5) is 32.9. The summed E-state index contributed by atoms with van der Waals surface area (Å²) in [5.41, 5.74) is 2.69. The number of hydrogen-bond donors (Lipinski definition) is 1. The fourth-order valence-electron chi connectivity index (χ4n) is 3.35. The predicted octanol–water partition coefficient (Wildman–Crippen LogP) is 4.86. The predicted molar refractivity (Wildman–Crippen MR) is 132 cm³/mol. The molecule has 1 heterocycles. The topological polar surface area (TPSA) is 83.5 Å². The molecule has 0 spiro atoms. The van der Waals surface area contributed by atoms with Gasteiger partial charge in [-0.3, -0.25) is 9.69 Å². The quantitative estimate of drug-likeness (QED) is 0.485. The molecule has 2 aromatic carbocycles. The molecule has 0 atom stereocenters. The standard InChI is InChI=1S/C25H31ClN4O4/c1-4-14-34-22-11-10-20(15-21(22)26)28-24-27-17-29(13-12-23(31)33-5-2)25(32)30(24)16-19-8-6-18(3)7-9-19/h6-11,15H,4-5,12-14,16-17H2,1-3H3,(H,27,28). The molecule has 1 aliphatic heterocycles. The molecule has 1 N–H and O–H groups in total. The SMILES string of the molecule is CCCOc1ccc(/N=C2\NCN(CCC(=O)OCC)C(=O)N2Cc2ccc(C)cc2)cc1Cl. The van der Waals surface area contributed by atoms with E-state index >= 15 is 0 Å². The Hall–Kier alpha value is -3.26. The van der Waals surface area contributed by atoms with Crippen LogP contribution in [0.15, 0.2) is 47.5 Å². The molecule has 8 nitrogen and oxygen atoms in total. The summed E-state index contributed by atoms with van der Waals surface area (Å²) in [6.45, 7) is 7.49. The number of hydrogen-bond acceptors (Lipinski definition) is 5. The monoisotopic (exact) mass is 486 g/mol. The van der Waals surface area contributed by atoms with Gasteiger partial charge < -0.3 is 19.7 Å². The number of aryl methyl sites for hydroxylation is 1. The first kappa shape index (κ1) is 25.4. The molecule has 2 aromatic rings. The van der Waals surface area contributed by atoms with E-state index in [-0.39, 0.29) is 31.6 Å². The number of halogens is 1. The molecule has 0 radical (unpaired) electrons. The van der Waals surface area contributed by atoms with Crippen LogP contribution < -0.4 is 10.1 Å². The number of amides is 2. The van der Waals surface area contributed by atoms with Crippen LogP contribution in [0.1, 0.15) is 37.8 Å². The van der Waals surface area contributed by atoms with Crippen LogP contribution in [0.5, 0.6) is 5.75 Å². The van der Waals surface area contributed by atoms with E-state index in [2.05, 4.69) is 10.3 Å². The number of nitrogens with zero attached hydrogens (tertiary/aromatic N) is 3. The van der Waals surface area contributed by atoms with Crippen LogP contribution in [0.3, 0.4) is 0 Å². The maximum atomic E-state index is 13.3. The minimum absolute atomic E-state index is 0.126. The summed E-state index contributed by atoms with van der Waals surface area (Å²) >= 11 is 6.36. The lowest BCUT2D eigenvalue weighted by molar-refractivity contribution is -0.143. The van der Waals surface area contributed by atoms with Gasteiger partial charge in [0.15, 0.2) is 0 Å². The number of ether oxygens (including phenoxy) is 2. The zero-order chi connectivity index (χ0) is 24.5. The second kappa shape index (κ2) is 12.3. The zero-order valence-corrected chi connectivity index (χ0v) is 20.6. The number of esters is 1. The highest BCUT2D eigenvalue weighted by molar-refractivity contribution is 6.32. The third kappa shape index (κ3) is 6.87. The van der Waals surface area contributed by atoms with Gasteiger partial charge in [0.25, 0.3) is 0 Å². The summed E-state index contributed by atoms with van der Waals surface area (Å²) < 4.78 is 10.6. The molecule has 0 unspecified atom stereocenters. The van der Waals surface area contributed by atoms with Crippen LogP contribution >= 0.6 is 11.6 Å². The lowest BCUT2D eigenvalue weighted by Gasteiger charge is -2.37. The van der Waals surface area contributed by atoms with Gasteiger partial charge in [0.1, 0.15) is 5.75 Å². The summed E-state index contributed by atoms with van der Waals surface area (Å²) in [5, 5.41) is 3.67. The van der Waals surface area contributed by atoms with Gasteiger partial charge in [0.2, 0.25) is 5.96 Å². The van der Waals surface area contributed by atoms with E-state index in [4.69, 9.17) is 21.1 Å². The molecule has 0 aliphatic carbocycles. The second-order valence-electron chi connectivity index (χ2n) is 7.91. The van der Waals surface area contributed by atoms with Crippen molar-refractivity contribution in [1.29, 1.82) is 0 Å². The first-order chi connectivity index (χ1) is 16.4. The van der Waals surface area contributed by atoms with Crippen LogP contribution in [0, 0.1) is 6.92 Å². The molecule has 1 saturated heterocycles. The number of urea groups is 1. The largest absolute Gasteiger partial charge is 0.492 e. The molecule has 1 aliphatic rings. The number of nitrogens with one attached hydrogen (secondary N) is 1. The van der Waals surface area contributed by atoms with Crippen LogP contribution in [0.25, 0.3) is 0 Å². The minimum Gasteiger partial charge on any atom is -0.492 e. The molecule has 182 valence electrons. The molecule has 9 heteroatoms. The fraction of sp³-hybridized carbons (Fsp3) is 0.400. The Bertz CT molecular complexity index is 1030. The molecule has 0 bridgehead atoms. The van der Waals surface area contributed by atoms with E-state index in [0.29, 0.717) is 42.2 Å². The van der Waals surface area contributed by atoms with Crippen molar-refractivity contribution in [3.05, 3.63) is 58.6 Å². The molecule has 0 saturated carbocycles. The second-order valence-corrected chi connectivity index (χ2v) is 8.31. The van der Waals surface area contributed by atoms with Gasteiger partial charge in [-0.15, -0.1) is 0 Å². The summed E-state index contributed by atoms with van der Waals surface area (Å²) in [6.07, 6.45) is 1.01. The summed E-state index contributed by atoms with van der Waals surface area (Å²) in [5.74, 6) is 0.679. The number of benzene rings is 2. The van der Waals surface area contributed by atoms with Crippen molar-refractivity contribution in [3.63, 3.8) is 0 Å². The molecule has 2 amide bonds. The van der Waals surface area contributed by atoms with E-state index in [1.54, 1.807) is 34.9 Å². The summed E-state index contributed by atoms with van der Waals surface area (Å²) in [7, 11) is 0. The van der Waals surface area contributed by atoms with E-state index in [0.717, 1.165) is 17.5 Å². The highest BCUT2D eigenvalue weighted by atomic mass is 35.5. The normalized spacial score (nSPS) is 14.8. The van der Waals surface area contributed by atoms with Crippen LogP contribution in [0.4, 0.5) is 10.5 Å². The van der Waals surface area contributed by atoms with Crippen molar-refractivity contribution in [1.82, 2.24) is 15.1 Å². The van der Waals surface area contributed by atoms with Gasteiger partial charge in [-0.2, -0.15) is 0 Å². The number of aliphatic imine (C=N–C) groups is 1. The Morgan fingerprint density at radius 2 is 1.94 bits per heavy atom. The Morgan fingerprint density at radius 1 is 1.18 bits per heavy atom. The van der Waals surface area contributed by atoms with Gasteiger partial charge in [0, 0.05) is 6.54 Å². The van der Waals surface area contributed by atoms with Crippen molar-refractivity contribution in [2.75, 3.05) is 26.4 Å². The lowest BCUT2D eigenvalue weighted by Crippen LogP contribution is -2.59. The molecular weight excluding hydrogens is 456 g/mol. The van der Waals surface area contributed by atoms with Gasteiger partial charge in [-0.25, -0.2) is 9.79 Å². The van der Waals surface area contributed by atoms with Crippen LogP contribution in [-0.2, 0) is 16.1 Å². The van der Waals surface area contributed by atoms with Crippen molar-refractivity contribution >= 4 is 35.2 Å². The first-order valence-electron chi connectivity index (χ1n) is 11.4. The smallest absolute Gasteiger partial charge is 0.328 e. The fourth-order valence-corrected chi connectivity index (χ4v) is 3.58. The molecule has 3 rings (SSSR count). The van der Waals surface area contributed by atoms with Gasteiger partial charge in [-0.05, 0) is 44.0 Å². The van der Waals surface area contributed by atoms with Gasteiger partial charge in [0.05, 0.1) is 43.6 Å². The highest BCUT2D eigenvalue weighted by Crippen LogP contribution is 2.29. The Balaban J connectivity index is 1.83. The minimum atomic E-state index is -0.333. The number of guanidine groups is 1. The lowest BCUT2D eigenvalue weighted by atomic mass is 10.1. The van der Waals surface area contributed by atoms with E-state index < -0.39 is 0 Å². The van der Waals surface area contributed by atoms with Crippen LogP contribution in [0.2, 0.25) is 5.02 Å². The van der Waals surface area contributed by atoms with Crippen molar-refractivity contribution in [2.24, 2.45) is 4.99 Å². The van der Waals surface area contributed by atoms with Gasteiger partial charge >= 0.3 is 12.0 Å². The maximum absolute atomic E-state index is 13.3. The number of rotatable bonds is 10. The average Bonchev–Trinajstić information content (AvgIpc) is 2.82. The van der Waals surface area contributed by atoms with E-state index in [1.165, 1.54) is 0 Å². The Kier molecular flexibility index (Phi) is 9.16. The third-order valence-corrected chi connectivity index (χ3v) is 5.45. The number of carbonyl (C=O) groups excluding carboxylic acids is 2. The molecule has 34 heavy (non-hydrogen) atoms. The highest BCUT2D eigenvalue weighted by Gasteiger charge is 2.31. The molecule has 1 fully saturated rings. The maximum Gasteiger partial charge on any atom is 0.328 e. The molecule has 0 aromatic heterocycles. The van der Waals surface area contributed by atoms with Crippen molar-refractivity contribution < 1.29 is 19.1 Å². The summed E-state index contributed by atoms with van der Waals surface area (Å²) in [6, 6.07) is 13.0.